The van der Waals surface area contributed by atoms with Crippen molar-refractivity contribution in [2.75, 3.05) is 7.11 Å². The number of ether oxygens (including phenoxy) is 1. The molecule has 0 bridgehead atoms. The maximum Gasteiger partial charge on any atom is 0.324 e. The van der Waals surface area contributed by atoms with Crippen molar-refractivity contribution in [1.29, 1.82) is 0 Å². The highest BCUT2D eigenvalue weighted by atomic mass is 32.2. The zero-order valence-corrected chi connectivity index (χ0v) is 11.2. The number of sulfone groups is 1. The van der Waals surface area contributed by atoms with E-state index in [2.05, 4.69) is 4.74 Å². The molecule has 0 aliphatic heterocycles. The fourth-order valence-corrected chi connectivity index (χ4v) is 2.65. The van der Waals surface area contributed by atoms with Crippen LogP contribution in [0.15, 0.2) is 29.2 Å². The molecule has 1 rings (SSSR count). The van der Waals surface area contributed by atoms with Crippen LogP contribution in [0.1, 0.15) is 24.2 Å². The van der Waals surface area contributed by atoms with Crippen LogP contribution in [0.5, 0.6) is 0 Å². The van der Waals surface area contributed by atoms with Crippen molar-refractivity contribution >= 4 is 21.6 Å². The SMILES string of the molecule is COC(=O)C(C)S(=O)(=O)c1ccc(C(C)=O)cc1. The first-order chi connectivity index (χ1) is 8.30. The van der Waals surface area contributed by atoms with Gasteiger partial charge in [0.15, 0.2) is 20.9 Å². The number of carbonyl (C=O) groups excluding carboxylic acids is 2. The topological polar surface area (TPSA) is 77.5 Å². The van der Waals surface area contributed by atoms with Gasteiger partial charge in [0.1, 0.15) is 0 Å². The average molecular weight is 270 g/mol. The number of hydrogen-bond donors (Lipinski definition) is 0. The molecule has 0 aliphatic carbocycles. The average Bonchev–Trinajstić information content (AvgIpc) is 2.36. The number of hydrogen-bond acceptors (Lipinski definition) is 5. The van der Waals surface area contributed by atoms with Gasteiger partial charge in [-0.1, -0.05) is 12.1 Å². The van der Waals surface area contributed by atoms with Crippen molar-refractivity contribution < 1.29 is 22.7 Å². The van der Waals surface area contributed by atoms with Gasteiger partial charge in [0.25, 0.3) is 0 Å². The van der Waals surface area contributed by atoms with Crippen molar-refractivity contribution in [2.45, 2.75) is 24.0 Å². The molecular weight excluding hydrogens is 256 g/mol. The minimum Gasteiger partial charge on any atom is -0.468 e. The van der Waals surface area contributed by atoms with Crippen LogP contribution in [-0.2, 0) is 19.4 Å². The lowest BCUT2D eigenvalue weighted by atomic mass is 10.2. The third-order valence-electron chi connectivity index (χ3n) is 2.59. The van der Waals surface area contributed by atoms with Crippen LogP contribution in [0, 0.1) is 0 Å². The Morgan fingerprint density at radius 1 is 1.17 bits per heavy atom. The van der Waals surface area contributed by atoms with Crippen molar-refractivity contribution in [2.24, 2.45) is 0 Å². The molecule has 0 saturated heterocycles. The first-order valence-electron chi connectivity index (χ1n) is 5.23. The summed E-state index contributed by atoms with van der Waals surface area (Å²) in [4.78, 5) is 22.3. The lowest BCUT2D eigenvalue weighted by molar-refractivity contribution is -0.139. The van der Waals surface area contributed by atoms with Gasteiger partial charge in [-0.15, -0.1) is 0 Å². The Hall–Kier alpha value is -1.69. The maximum absolute atomic E-state index is 12.0. The summed E-state index contributed by atoms with van der Waals surface area (Å²) in [5.41, 5.74) is 0.416. The van der Waals surface area contributed by atoms with Gasteiger partial charge >= 0.3 is 5.97 Å². The van der Waals surface area contributed by atoms with E-state index >= 15 is 0 Å². The first kappa shape index (κ1) is 14.4. The molecule has 1 unspecified atom stereocenters. The first-order valence-corrected chi connectivity index (χ1v) is 6.78. The predicted octanol–water partition coefficient (Wildman–Crippen LogP) is 1.22. The largest absolute Gasteiger partial charge is 0.468 e. The lowest BCUT2D eigenvalue weighted by Gasteiger charge is -2.10. The molecule has 1 atom stereocenters. The molecular formula is C12H14O5S. The quantitative estimate of drug-likeness (QED) is 0.607. The Balaban J connectivity index is 3.13. The maximum atomic E-state index is 12.0. The van der Waals surface area contributed by atoms with E-state index in [-0.39, 0.29) is 10.7 Å². The van der Waals surface area contributed by atoms with Gasteiger partial charge in [-0.25, -0.2) is 8.42 Å². The standard InChI is InChI=1S/C12H14O5S/c1-8(13)10-4-6-11(7-5-10)18(15,16)9(2)12(14)17-3/h4-7,9H,1-3H3. The molecule has 0 amide bonds. The van der Waals surface area contributed by atoms with E-state index in [0.717, 1.165) is 7.11 Å². The molecule has 0 N–H and O–H groups in total. The summed E-state index contributed by atoms with van der Waals surface area (Å²) in [6, 6.07) is 5.45. The van der Waals surface area contributed by atoms with E-state index in [1.807, 2.05) is 0 Å². The molecule has 18 heavy (non-hydrogen) atoms. The Kier molecular flexibility index (Phi) is 4.24. The van der Waals surface area contributed by atoms with Crippen molar-refractivity contribution in [3.63, 3.8) is 0 Å². The second-order valence-electron chi connectivity index (χ2n) is 3.79. The summed E-state index contributed by atoms with van der Waals surface area (Å²) in [6.45, 7) is 2.65. The van der Waals surface area contributed by atoms with Crippen LogP contribution in [0.3, 0.4) is 0 Å². The molecule has 0 heterocycles. The number of methoxy groups -OCH3 is 1. The summed E-state index contributed by atoms with van der Waals surface area (Å²) < 4.78 is 28.5. The number of Topliss-reactive ketones (excluding diaryl/α,β-unsaturated/α-hetero) is 1. The molecule has 6 heteroatoms. The molecule has 0 aliphatic rings. The van der Waals surface area contributed by atoms with Crippen LogP contribution < -0.4 is 0 Å². The van der Waals surface area contributed by atoms with E-state index in [0.29, 0.717) is 5.56 Å². The normalized spacial score (nSPS) is 12.8. The van der Waals surface area contributed by atoms with E-state index in [4.69, 9.17) is 0 Å². The minimum atomic E-state index is -3.78. The van der Waals surface area contributed by atoms with Gasteiger partial charge in [-0.05, 0) is 26.0 Å². The molecule has 0 spiro atoms. The second-order valence-corrected chi connectivity index (χ2v) is 6.06. The molecule has 1 aromatic carbocycles. The van der Waals surface area contributed by atoms with Gasteiger partial charge in [0.2, 0.25) is 0 Å². The lowest BCUT2D eigenvalue weighted by Crippen LogP contribution is -2.28. The zero-order chi connectivity index (χ0) is 13.9. The summed E-state index contributed by atoms with van der Waals surface area (Å²) in [6.07, 6.45) is 0. The highest BCUT2D eigenvalue weighted by Crippen LogP contribution is 2.17. The van der Waals surface area contributed by atoms with Gasteiger partial charge in [-0.3, -0.25) is 9.59 Å². The van der Waals surface area contributed by atoms with Gasteiger partial charge in [0.05, 0.1) is 12.0 Å². The predicted molar refractivity (Wildman–Crippen MR) is 65.1 cm³/mol. The smallest absolute Gasteiger partial charge is 0.324 e. The zero-order valence-electron chi connectivity index (χ0n) is 10.3. The summed E-state index contributed by atoms with van der Waals surface area (Å²) in [7, 11) is -2.65. The van der Waals surface area contributed by atoms with Crippen LogP contribution in [0.25, 0.3) is 0 Å². The van der Waals surface area contributed by atoms with Crippen LogP contribution >= 0.6 is 0 Å². The number of benzene rings is 1. The Morgan fingerprint density at radius 3 is 2.06 bits per heavy atom. The van der Waals surface area contributed by atoms with E-state index < -0.39 is 21.1 Å². The van der Waals surface area contributed by atoms with E-state index in [1.54, 1.807) is 0 Å². The summed E-state index contributed by atoms with van der Waals surface area (Å²) >= 11 is 0. The van der Waals surface area contributed by atoms with Crippen molar-refractivity contribution in [3.05, 3.63) is 29.8 Å². The van der Waals surface area contributed by atoms with Crippen LogP contribution in [-0.4, -0.2) is 32.5 Å². The Morgan fingerprint density at radius 2 is 1.67 bits per heavy atom. The molecule has 0 saturated carbocycles. The molecule has 0 radical (unpaired) electrons. The third kappa shape index (κ3) is 2.76. The highest BCUT2D eigenvalue weighted by Gasteiger charge is 2.30. The van der Waals surface area contributed by atoms with Gasteiger partial charge in [0, 0.05) is 5.56 Å². The molecule has 1 aromatic rings. The van der Waals surface area contributed by atoms with Crippen molar-refractivity contribution in [1.82, 2.24) is 0 Å². The minimum absolute atomic E-state index is 0.00889. The summed E-state index contributed by atoms with van der Waals surface area (Å²) in [5, 5.41) is -1.27. The molecule has 0 aromatic heterocycles. The monoisotopic (exact) mass is 270 g/mol. The third-order valence-corrected chi connectivity index (χ3v) is 4.64. The number of carbonyl (C=O) groups is 2. The molecule has 98 valence electrons. The van der Waals surface area contributed by atoms with Gasteiger partial charge < -0.3 is 4.74 Å². The van der Waals surface area contributed by atoms with E-state index in [9.17, 15) is 18.0 Å². The van der Waals surface area contributed by atoms with Crippen LogP contribution in [0.4, 0.5) is 0 Å². The summed E-state index contributed by atoms with van der Waals surface area (Å²) in [5.74, 6) is -0.967. The van der Waals surface area contributed by atoms with Gasteiger partial charge in [-0.2, -0.15) is 0 Å². The number of ketones is 1. The highest BCUT2D eigenvalue weighted by molar-refractivity contribution is 7.92. The number of rotatable bonds is 4. The van der Waals surface area contributed by atoms with E-state index in [1.165, 1.54) is 38.1 Å². The fraction of sp³-hybridized carbons (Fsp3) is 0.333. The molecule has 0 fully saturated rings. The Labute approximate surface area is 106 Å². The Bertz CT molecular complexity index is 557. The molecule has 5 nitrogen and oxygen atoms in total. The number of esters is 1. The van der Waals surface area contributed by atoms with Crippen LogP contribution in [0.2, 0.25) is 0 Å². The fourth-order valence-electron chi connectivity index (χ4n) is 1.38. The van der Waals surface area contributed by atoms with Crippen molar-refractivity contribution in [3.8, 4) is 0 Å². The second kappa shape index (κ2) is 5.30.